The maximum Gasteiger partial charge on any atom is 0.247 e. The van der Waals surface area contributed by atoms with Gasteiger partial charge in [-0.2, -0.15) is 0 Å². The monoisotopic (exact) mass is 329 g/mol. The molecule has 0 atom stereocenters. The summed E-state index contributed by atoms with van der Waals surface area (Å²) in [4.78, 5) is 0. The molecule has 0 radical (unpaired) electrons. The number of nitrogen functional groups attached to an aromatic ring is 1. The van der Waals surface area contributed by atoms with E-state index in [9.17, 15) is 0 Å². The largest absolute Gasteiger partial charge is 0.420 e. The lowest BCUT2D eigenvalue weighted by atomic mass is 10.1. The van der Waals surface area contributed by atoms with Gasteiger partial charge >= 0.3 is 0 Å². The van der Waals surface area contributed by atoms with Crippen LogP contribution in [0.25, 0.3) is 11.5 Å². The summed E-state index contributed by atoms with van der Waals surface area (Å²) in [6.45, 7) is 0. The lowest BCUT2D eigenvalue weighted by Crippen LogP contribution is -1.90. The van der Waals surface area contributed by atoms with Gasteiger partial charge in [-0.15, -0.1) is 10.2 Å². The average Bonchev–Trinajstić information content (AvgIpc) is 2.91. The standard InChI is InChI=1S/C15H12BrN3O/c16-12-5-3-11(4-6-12)15-19-18-14(20-15)9-10-1-7-13(17)8-2-10/h1-8H,9,17H2. The van der Waals surface area contributed by atoms with Crippen LogP contribution in [0.5, 0.6) is 0 Å². The number of nitrogens with zero attached hydrogens (tertiary/aromatic N) is 2. The van der Waals surface area contributed by atoms with E-state index in [0.717, 1.165) is 21.3 Å². The predicted octanol–water partition coefficient (Wildman–Crippen LogP) is 3.67. The molecule has 0 amide bonds. The van der Waals surface area contributed by atoms with Crippen LogP contribution in [-0.2, 0) is 6.42 Å². The summed E-state index contributed by atoms with van der Waals surface area (Å²) < 4.78 is 6.69. The molecule has 0 aliphatic heterocycles. The number of aromatic nitrogens is 2. The number of halogens is 1. The van der Waals surface area contributed by atoms with Crippen LogP contribution in [-0.4, -0.2) is 10.2 Å². The average molecular weight is 330 g/mol. The van der Waals surface area contributed by atoms with E-state index < -0.39 is 0 Å². The highest BCUT2D eigenvalue weighted by atomic mass is 79.9. The van der Waals surface area contributed by atoms with E-state index in [1.165, 1.54) is 0 Å². The van der Waals surface area contributed by atoms with E-state index in [2.05, 4.69) is 26.1 Å². The van der Waals surface area contributed by atoms with Crippen LogP contribution >= 0.6 is 15.9 Å². The Morgan fingerprint density at radius 2 is 1.65 bits per heavy atom. The summed E-state index contributed by atoms with van der Waals surface area (Å²) in [7, 11) is 0. The highest BCUT2D eigenvalue weighted by Gasteiger charge is 2.09. The molecule has 5 heteroatoms. The predicted molar refractivity (Wildman–Crippen MR) is 81.1 cm³/mol. The fourth-order valence-corrected chi connectivity index (χ4v) is 2.11. The van der Waals surface area contributed by atoms with Crippen LogP contribution in [0.4, 0.5) is 5.69 Å². The van der Waals surface area contributed by atoms with Crippen LogP contribution in [0.2, 0.25) is 0 Å². The Labute approximate surface area is 124 Å². The Bertz CT molecular complexity index is 705. The normalized spacial score (nSPS) is 10.7. The van der Waals surface area contributed by atoms with Gasteiger partial charge in [0.25, 0.3) is 0 Å². The first kappa shape index (κ1) is 12.9. The third kappa shape index (κ3) is 2.88. The Morgan fingerprint density at radius 1 is 0.950 bits per heavy atom. The highest BCUT2D eigenvalue weighted by Crippen LogP contribution is 2.21. The first-order valence-electron chi connectivity index (χ1n) is 6.13. The minimum absolute atomic E-state index is 0.531. The van der Waals surface area contributed by atoms with Crippen molar-refractivity contribution in [2.75, 3.05) is 5.73 Å². The van der Waals surface area contributed by atoms with Gasteiger partial charge in [0.2, 0.25) is 11.8 Å². The first-order chi connectivity index (χ1) is 9.70. The summed E-state index contributed by atoms with van der Waals surface area (Å²) in [5.41, 5.74) is 8.40. The zero-order chi connectivity index (χ0) is 13.9. The van der Waals surface area contributed by atoms with E-state index in [0.29, 0.717) is 18.2 Å². The van der Waals surface area contributed by atoms with Crippen molar-refractivity contribution in [3.8, 4) is 11.5 Å². The fourth-order valence-electron chi connectivity index (χ4n) is 1.84. The summed E-state index contributed by atoms with van der Waals surface area (Å²) in [6, 6.07) is 15.4. The van der Waals surface area contributed by atoms with Crippen molar-refractivity contribution in [2.45, 2.75) is 6.42 Å². The Kier molecular flexibility index (Phi) is 3.52. The number of anilines is 1. The van der Waals surface area contributed by atoms with Crippen molar-refractivity contribution >= 4 is 21.6 Å². The fraction of sp³-hybridized carbons (Fsp3) is 0.0667. The Balaban J connectivity index is 1.80. The quantitative estimate of drug-likeness (QED) is 0.744. The van der Waals surface area contributed by atoms with Crippen molar-refractivity contribution in [2.24, 2.45) is 0 Å². The minimum Gasteiger partial charge on any atom is -0.420 e. The second kappa shape index (κ2) is 5.46. The molecule has 0 saturated heterocycles. The van der Waals surface area contributed by atoms with Crippen molar-refractivity contribution in [3.05, 3.63) is 64.5 Å². The number of hydrogen-bond donors (Lipinski definition) is 1. The van der Waals surface area contributed by atoms with E-state index in [1.807, 2.05) is 48.5 Å². The summed E-state index contributed by atoms with van der Waals surface area (Å²) in [5.74, 6) is 1.12. The molecule has 0 bridgehead atoms. The molecule has 100 valence electrons. The van der Waals surface area contributed by atoms with Crippen molar-refractivity contribution in [1.29, 1.82) is 0 Å². The number of hydrogen-bond acceptors (Lipinski definition) is 4. The minimum atomic E-state index is 0.531. The second-order valence-electron chi connectivity index (χ2n) is 4.43. The molecule has 1 aromatic heterocycles. The summed E-state index contributed by atoms with van der Waals surface area (Å²) in [6.07, 6.45) is 0.601. The maximum absolute atomic E-state index is 5.67. The lowest BCUT2D eigenvalue weighted by Gasteiger charge is -1.98. The van der Waals surface area contributed by atoms with Gasteiger partial charge in [-0.25, -0.2) is 0 Å². The van der Waals surface area contributed by atoms with Crippen LogP contribution < -0.4 is 5.73 Å². The Morgan fingerprint density at radius 3 is 2.35 bits per heavy atom. The summed E-state index contributed by atoms with van der Waals surface area (Å²) >= 11 is 3.40. The molecule has 1 heterocycles. The Hall–Kier alpha value is -2.14. The van der Waals surface area contributed by atoms with Crippen molar-refractivity contribution in [3.63, 3.8) is 0 Å². The lowest BCUT2D eigenvalue weighted by molar-refractivity contribution is 0.518. The smallest absolute Gasteiger partial charge is 0.247 e. The molecular formula is C15H12BrN3O. The van der Waals surface area contributed by atoms with E-state index in [4.69, 9.17) is 10.2 Å². The zero-order valence-electron chi connectivity index (χ0n) is 10.6. The number of nitrogens with two attached hydrogens (primary N) is 1. The van der Waals surface area contributed by atoms with Crippen LogP contribution in [0.1, 0.15) is 11.5 Å². The molecule has 0 spiro atoms. The van der Waals surface area contributed by atoms with Gasteiger partial charge < -0.3 is 10.2 Å². The third-order valence-corrected chi connectivity index (χ3v) is 3.42. The molecule has 20 heavy (non-hydrogen) atoms. The molecule has 0 aliphatic carbocycles. The van der Waals surface area contributed by atoms with Gasteiger partial charge in [-0.1, -0.05) is 28.1 Å². The maximum atomic E-state index is 5.67. The molecule has 0 fully saturated rings. The second-order valence-corrected chi connectivity index (χ2v) is 5.34. The van der Waals surface area contributed by atoms with Gasteiger partial charge in [-0.3, -0.25) is 0 Å². The highest BCUT2D eigenvalue weighted by molar-refractivity contribution is 9.10. The van der Waals surface area contributed by atoms with E-state index >= 15 is 0 Å². The topological polar surface area (TPSA) is 64.9 Å². The third-order valence-electron chi connectivity index (χ3n) is 2.89. The van der Waals surface area contributed by atoms with Crippen molar-refractivity contribution < 1.29 is 4.42 Å². The molecule has 2 N–H and O–H groups in total. The SMILES string of the molecule is Nc1ccc(Cc2nnc(-c3ccc(Br)cc3)o2)cc1. The number of benzene rings is 2. The number of rotatable bonds is 3. The van der Waals surface area contributed by atoms with Gasteiger partial charge in [0.05, 0.1) is 6.42 Å². The molecule has 2 aromatic carbocycles. The molecule has 0 unspecified atom stereocenters. The molecular weight excluding hydrogens is 318 g/mol. The molecule has 4 nitrogen and oxygen atoms in total. The first-order valence-corrected chi connectivity index (χ1v) is 6.93. The van der Waals surface area contributed by atoms with Crippen molar-refractivity contribution in [1.82, 2.24) is 10.2 Å². The zero-order valence-corrected chi connectivity index (χ0v) is 12.2. The van der Waals surface area contributed by atoms with Gasteiger partial charge in [-0.05, 0) is 42.0 Å². The van der Waals surface area contributed by atoms with E-state index in [1.54, 1.807) is 0 Å². The molecule has 3 rings (SSSR count). The van der Waals surface area contributed by atoms with Crippen LogP contribution in [0.3, 0.4) is 0 Å². The van der Waals surface area contributed by atoms with Gasteiger partial charge in [0.15, 0.2) is 0 Å². The van der Waals surface area contributed by atoms with Gasteiger partial charge in [0.1, 0.15) is 0 Å². The van der Waals surface area contributed by atoms with Crippen LogP contribution in [0.15, 0.2) is 57.4 Å². The summed E-state index contributed by atoms with van der Waals surface area (Å²) in [5, 5.41) is 8.15. The van der Waals surface area contributed by atoms with Gasteiger partial charge in [0, 0.05) is 15.7 Å². The molecule has 0 aliphatic rings. The molecule has 0 saturated carbocycles. The van der Waals surface area contributed by atoms with E-state index in [-0.39, 0.29) is 0 Å². The van der Waals surface area contributed by atoms with Crippen LogP contribution in [0, 0.1) is 0 Å². The molecule has 3 aromatic rings.